The van der Waals surface area contributed by atoms with Crippen molar-refractivity contribution in [3.63, 3.8) is 0 Å². The van der Waals surface area contributed by atoms with E-state index >= 15 is 0 Å². The number of anilines is 1. The van der Waals surface area contributed by atoms with E-state index in [0.717, 1.165) is 0 Å². The average Bonchev–Trinajstić information content (AvgIpc) is 2.36. The van der Waals surface area contributed by atoms with Gasteiger partial charge >= 0.3 is 6.18 Å². The maximum absolute atomic E-state index is 12.5. The van der Waals surface area contributed by atoms with E-state index in [1.807, 2.05) is 0 Å². The van der Waals surface area contributed by atoms with Crippen LogP contribution in [0.3, 0.4) is 0 Å². The number of alkyl halides is 3. The SMILES string of the molecule is CCCN(CC(F)(F)F)S(=O)(=O)c1cccnc1NC. The van der Waals surface area contributed by atoms with Gasteiger partial charge in [0.15, 0.2) is 0 Å². The lowest BCUT2D eigenvalue weighted by Gasteiger charge is -2.23. The van der Waals surface area contributed by atoms with Gasteiger partial charge in [0.1, 0.15) is 17.3 Å². The highest BCUT2D eigenvalue weighted by atomic mass is 32.2. The smallest absolute Gasteiger partial charge is 0.372 e. The number of rotatable bonds is 6. The number of hydrogen-bond acceptors (Lipinski definition) is 4. The first-order valence-corrected chi connectivity index (χ1v) is 7.36. The van der Waals surface area contributed by atoms with Crippen molar-refractivity contribution < 1.29 is 21.6 Å². The highest BCUT2D eigenvalue weighted by Gasteiger charge is 2.37. The number of hydrogen-bond donors (Lipinski definition) is 1. The first-order valence-electron chi connectivity index (χ1n) is 5.92. The van der Waals surface area contributed by atoms with Crippen molar-refractivity contribution in [1.29, 1.82) is 0 Å². The summed E-state index contributed by atoms with van der Waals surface area (Å²) in [6.45, 7) is -0.109. The Kier molecular flexibility index (Phi) is 5.35. The molecule has 0 aliphatic rings. The third-order valence-corrected chi connectivity index (χ3v) is 4.33. The highest BCUT2D eigenvalue weighted by Crippen LogP contribution is 2.26. The number of pyridine rings is 1. The molecule has 1 rings (SSSR count). The minimum Gasteiger partial charge on any atom is -0.372 e. The molecule has 0 atom stereocenters. The molecular formula is C11H16F3N3O2S. The van der Waals surface area contributed by atoms with E-state index < -0.39 is 22.7 Å². The molecule has 1 aromatic heterocycles. The lowest BCUT2D eigenvalue weighted by Crippen LogP contribution is -2.39. The van der Waals surface area contributed by atoms with Crippen LogP contribution < -0.4 is 5.32 Å². The third kappa shape index (κ3) is 4.07. The number of sulfonamides is 1. The standard InChI is InChI=1S/C11H16F3N3O2S/c1-3-7-17(8-11(12,13)14)20(18,19)9-5-4-6-16-10(9)15-2/h4-6H,3,7-8H2,1-2H3,(H,15,16). The first-order chi connectivity index (χ1) is 9.22. The van der Waals surface area contributed by atoms with Gasteiger partial charge in [0.05, 0.1) is 0 Å². The molecule has 0 saturated carbocycles. The number of nitrogens with one attached hydrogen (secondary N) is 1. The van der Waals surface area contributed by atoms with Crippen molar-refractivity contribution in [2.45, 2.75) is 24.4 Å². The van der Waals surface area contributed by atoms with Crippen molar-refractivity contribution in [2.24, 2.45) is 0 Å². The molecule has 0 spiro atoms. The van der Waals surface area contributed by atoms with Crippen LogP contribution in [0, 0.1) is 0 Å². The summed E-state index contributed by atoms with van der Waals surface area (Å²) >= 11 is 0. The first kappa shape index (κ1) is 16.7. The predicted octanol–water partition coefficient (Wildman–Crippen LogP) is 2.09. The summed E-state index contributed by atoms with van der Waals surface area (Å²) in [7, 11) is -2.80. The fourth-order valence-electron chi connectivity index (χ4n) is 1.66. The lowest BCUT2D eigenvalue weighted by molar-refractivity contribution is -0.136. The van der Waals surface area contributed by atoms with Crippen molar-refractivity contribution in [2.75, 3.05) is 25.5 Å². The van der Waals surface area contributed by atoms with Gasteiger partial charge in [-0.25, -0.2) is 13.4 Å². The van der Waals surface area contributed by atoms with E-state index in [1.165, 1.54) is 25.4 Å². The molecule has 0 unspecified atom stereocenters. The zero-order valence-electron chi connectivity index (χ0n) is 11.1. The Balaban J connectivity index is 3.22. The number of nitrogens with zero attached hydrogens (tertiary/aromatic N) is 2. The Bertz CT molecular complexity index is 546. The monoisotopic (exact) mass is 311 g/mol. The Morgan fingerprint density at radius 3 is 2.55 bits per heavy atom. The molecule has 0 amide bonds. The van der Waals surface area contributed by atoms with E-state index in [1.54, 1.807) is 6.92 Å². The maximum Gasteiger partial charge on any atom is 0.402 e. The molecule has 0 radical (unpaired) electrons. The molecule has 0 aliphatic heterocycles. The van der Waals surface area contributed by atoms with Gasteiger partial charge in [-0.1, -0.05) is 6.92 Å². The normalized spacial score (nSPS) is 12.7. The van der Waals surface area contributed by atoms with Crippen molar-refractivity contribution >= 4 is 15.8 Å². The second-order valence-electron chi connectivity index (χ2n) is 4.05. The summed E-state index contributed by atoms with van der Waals surface area (Å²) in [5.74, 6) is 0.0239. The van der Waals surface area contributed by atoms with Crippen molar-refractivity contribution in [1.82, 2.24) is 9.29 Å². The number of halogens is 3. The lowest BCUT2D eigenvalue weighted by atomic mass is 10.4. The quantitative estimate of drug-likeness (QED) is 0.874. The predicted molar refractivity (Wildman–Crippen MR) is 68.9 cm³/mol. The van der Waals surface area contributed by atoms with Crippen LogP contribution in [0.25, 0.3) is 0 Å². The van der Waals surface area contributed by atoms with Gasteiger partial charge in [-0.15, -0.1) is 0 Å². The highest BCUT2D eigenvalue weighted by molar-refractivity contribution is 7.89. The van der Waals surface area contributed by atoms with Crippen LogP contribution in [0.2, 0.25) is 0 Å². The molecule has 114 valence electrons. The van der Waals surface area contributed by atoms with Gasteiger partial charge in [-0.2, -0.15) is 17.5 Å². The molecule has 1 N–H and O–H groups in total. The van der Waals surface area contributed by atoms with Crippen molar-refractivity contribution in [3.05, 3.63) is 18.3 Å². The van der Waals surface area contributed by atoms with Gasteiger partial charge in [-0.3, -0.25) is 0 Å². The summed E-state index contributed by atoms with van der Waals surface area (Å²) in [6.07, 6.45) is -2.95. The Morgan fingerprint density at radius 1 is 1.40 bits per heavy atom. The third-order valence-electron chi connectivity index (χ3n) is 2.45. The molecule has 0 saturated heterocycles. The van der Waals surface area contributed by atoms with E-state index in [0.29, 0.717) is 4.31 Å². The fourth-order valence-corrected chi connectivity index (χ4v) is 3.33. The molecule has 0 aromatic carbocycles. The number of aromatic nitrogens is 1. The Morgan fingerprint density at radius 2 is 2.05 bits per heavy atom. The maximum atomic E-state index is 12.5. The minimum atomic E-state index is -4.59. The van der Waals surface area contributed by atoms with Crippen LogP contribution >= 0.6 is 0 Å². The second kappa shape index (κ2) is 6.40. The molecule has 0 fully saturated rings. The molecule has 1 heterocycles. The van der Waals surface area contributed by atoms with Crippen LogP contribution in [-0.4, -0.2) is 44.0 Å². The topological polar surface area (TPSA) is 62.3 Å². The molecule has 20 heavy (non-hydrogen) atoms. The van der Waals surface area contributed by atoms with Gasteiger partial charge in [0.2, 0.25) is 10.0 Å². The Hall–Kier alpha value is -1.35. The molecule has 1 aromatic rings. The summed E-state index contributed by atoms with van der Waals surface area (Å²) in [4.78, 5) is 3.54. The largest absolute Gasteiger partial charge is 0.402 e. The zero-order valence-corrected chi connectivity index (χ0v) is 11.9. The molecule has 0 aliphatic carbocycles. The van der Waals surface area contributed by atoms with Gasteiger partial charge in [0, 0.05) is 19.8 Å². The molecular weight excluding hydrogens is 295 g/mol. The molecule has 0 bridgehead atoms. The summed E-state index contributed by atoms with van der Waals surface area (Å²) in [5.41, 5.74) is 0. The van der Waals surface area contributed by atoms with E-state index in [-0.39, 0.29) is 23.7 Å². The fraction of sp³-hybridized carbons (Fsp3) is 0.545. The van der Waals surface area contributed by atoms with Crippen LogP contribution in [0.4, 0.5) is 19.0 Å². The van der Waals surface area contributed by atoms with Crippen LogP contribution in [0.15, 0.2) is 23.2 Å². The molecule has 5 nitrogen and oxygen atoms in total. The zero-order chi connectivity index (χ0) is 15.4. The van der Waals surface area contributed by atoms with E-state index in [9.17, 15) is 21.6 Å². The molecule has 9 heteroatoms. The van der Waals surface area contributed by atoms with Crippen LogP contribution in [0.5, 0.6) is 0 Å². The van der Waals surface area contributed by atoms with Crippen LogP contribution in [-0.2, 0) is 10.0 Å². The van der Waals surface area contributed by atoms with Crippen LogP contribution in [0.1, 0.15) is 13.3 Å². The van der Waals surface area contributed by atoms with E-state index in [2.05, 4.69) is 10.3 Å². The summed E-state index contributed by atoms with van der Waals surface area (Å²) < 4.78 is 62.6. The van der Waals surface area contributed by atoms with E-state index in [4.69, 9.17) is 0 Å². The minimum absolute atomic E-state index is 0.0239. The Labute approximate surface area is 115 Å². The summed E-state index contributed by atoms with van der Waals surface area (Å²) in [5, 5.41) is 2.56. The average molecular weight is 311 g/mol. The summed E-state index contributed by atoms with van der Waals surface area (Å²) in [6, 6.07) is 2.60. The van der Waals surface area contributed by atoms with Gasteiger partial charge in [-0.05, 0) is 18.6 Å². The second-order valence-corrected chi connectivity index (χ2v) is 5.96. The van der Waals surface area contributed by atoms with Crippen molar-refractivity contribution in [3.8, 4) is 0 Å². The van der Waals surface area contributed by atoms with Gasteiger partial charge in [0.25, 0.3) is 0 Å². The van der Waals surface area contributed by atoms with Gasteiger partial charge < -0.3 is 5.32 Å².